The minimum absolute atomic E-state index is 0.116. The first kappa shape index (κ1) is 22.8. The van der Waals surface area contributed by atoms with Gasteiger partial charge in [0.1, 0.15) is 23.2 Å². The number of benzene rings is 2. The van der Waals surface area contributed by atoms with E-state index in [0.29, 0.717) is 24.2 Å². The van der Waals surface area contributed by atoms with Gasteiger partial charge in [-0.15, -0.1) is 0 Å². The van der Waals surface area contributed by atoms with E-state index < -0.39 is 10.9 Å². The Kier molecular flexibility index (Phi) is 7.41. The number of para-hydroxylation sites is 1. The van der Waals surface area contributed by atoms with Gasteiger partial charge in [0.25, 0.3) is 5.69 Å². The molecule has 32 heavy (non-hydrogen) atoms. The van der Waals surface area contributed by atoms with E-state index in [9.17, 15) is 25.0 Å². The maximum absolute atomic E-state index is 12.6. The SMILES string of the molecule is COc1ccc(C=C(C#N)C(=O)OC2=C(Sc3ccccc3[N+](=O)[O-])C(=O)CCC2)cc1. The third-order valence-electron chi connectivity index (χ3n) is 4.57. The molecule has 2 aromatic carbocycles. The number of ketones is 1. The number of ether oxygens (including phenoxy) is 2. The van der Waals surface area contributed by atoms with Gasteiger partial charge in [0.05, 0.1) is 21.8 Å². The van der Waals surface area contributed by atoms with Crippen LogP contribution in [0.3, 0.4) is 0 Å². The molecular formula is C23H18N2O6S. The predicted molar refractivity (Wildman–Crippen MR) is 118 cm³/mol. The lowest BCUT2D eigenvalue weighted by Crippen LogP contribution is -2.15. The Labute approximate surface area is 188 Å². The Morgan fingerprint density at radius 2 is 1.91 bits per heavy atom. The fraction of sp³-hybridized carbons (Fsp3) is 0.174. The Bertz CT molecular complexity index is 1160. The molecule has 0 radical (unpaired) electrons. The number of nitrogens with zero attached hydrogens (tertiary/aromatic N) is 2. The smallest absolute Gasteiger partial charge is 0.354 e. The molecule has 0 aromatic heterocycles. The van der Waals surface area contributed by atoms with Crippen molar-refractivity contribution in [2.45, 2.75) is 24.2 Å². The van der Waals surface area contributed by atoms with Gasteiger partial charge in [-0.1, -0.05) is 36.0 Å². The van der Waals surface area contributed by atoms with Crippen LogP contribution >= 0.6 is 11.8 Å². The molecule has 1 aliphatic carbocycles. The average molecular weight is 450 g/mol. The minimum Gasteiger partial charge on any atom is -0.497 e. The van der Waals surface area contributed by atoms with Crippen LogP contribution in [0.15, 0.2) is 69.7 Å². The van der Waals surface area contributed by atoms with Crippen LogP contribution in [-0.4, -0.2) is 23.8 Å². The summed E-state index contributed by atoms with van der Waals surface area (Å²) in [6.45, 7) is 0. The second-order valence-corrected chi connectivity index (χ2v) is 7.74. The minimum atomic E-state index is -0.895. The number of nitro groups is 1. The third-order valence-corrected chi connectivity index (χ3v) is 5.80. The molecule has 1 aliphatic rings. The lowest BCUT2D eigenvalue weighted by Gasteiger charge is -2.18. The van der Waals surface area contributed by atoms with Crippen LogP contribution in [0, 0.1) is 21.4 Å². The molecule has 162 valence electrons. The number of carbonyl (C=O) groups is 2. The topological polar surface area (TPSA) is 120 Å². The molecule has 0 unspecified atom stereocenters. The summed E-state index contributed by atoms with van der Waals surface area (Å²) in [7, 11) is 1.53. The van der Waals surface area contributed by atoms with Crippen molar-refractivity contribution in [1.82, 2.24) is 0 Å². The van der Waals surface area contributed by atoms with Gasteiger partial charge in [0.15, 0.2) is 5.78 Å². The molecule has 8 nitrogen and oxygen atoms in total. The first-order valence-corrected chi connectivity index (χ1v) is 10.4. The molecule has 0 amide bonds. The van der Waals surface area contributed by atoms with Crippen molar-refractivity contribution in [3.05, 3.63) is 80.4 Å². The van der Waals surface area contributed by atoms with E-state index in [1.54, 1.807) is 30.3 Å². The summed E-state index contributed by atoms with van der Waals surface area (Å²) >= 11 is 0.900. The lowest BCUT2D eigenvalue weighted by molar-refractivity contribution is -0.387. The molecule has 0 saturated carbocycles. The van der Waals surface area contributed by atoms with Crippen LogP contribution in [0.2, 0.25) is 0 Å². The van der Waals surface area contributed by atoms with Crippen molar-refractivity contribution in [2.24, 2.45) is 0 Å². The van der Waals surface area contributed by atoms with Crippen molar-refractivity contribution >= 4 is 35.3 Å². The average Bonchev–Trinajstić information content (AvgIpc) is 2.80. The largest absolute Gasteiger partial charge is 0.497 e. The third kappa shape index (κ3) is 5.42. The molecule has 3 rings (SSSR count). The summed E-state index contributed by atoms with van der Waals surface area (Å²) < 4.78 is 10.5. The highest BCUT2D eigenvalue weighted by molar-refractivity contribution is 8.04. The zero-order valence-corrected chi connectivity index (χ0v) is 17.9. The van der Waals surface area contributed by atoms with Crippen molar-refractivity contribution in [1.29, 1.82) is 5.26 Å². The number of Topliss-reactive ketones (excluding diaryl/α,β-unsaturated/α-hetero) is 1. The Morgan fingerprint density at radius 3 is 2.56 bits per heavy atom. The summed E-state index contributed by atoms with van der Waals surface area (Å²) in [6, 6.07) is 14.6. The second kappa shape index (κ2) is 10.4. The van der Waals surface area contributed by atoms with Gasteiger partial charge in [0.2, 0.25) is 0 Å². The highest BCUT2D eigenvalue weighted by Gasteiger charge is 2.28. The maximum atomic E-state index is 12.6. The fourth-order valence-electron chi connectivity index (χ4n) is 2.98. The van der Waals surface area contributed by atoms with Crippen molar-refractivity contribution in [2.75, 3.05) is 7.11 Å². The van der Waals surface area contributed by atoms with E-state index in [4.69, 9.17) is 9.47 Å². The van der Waals surface area contributed by atoms with Gasteiger partial charge >= 0.3 is 5.97 Å². The first-order chi connectivity index (χ1) is 15.4. The molecule has 0 heterocycles. The second-order valence-electron chi connectivity index (χ2n) is 6.69. The molecule has 9 heteroatoms. The van der Waals surface area contributed by atoms with Crippen LogP contribution < -0.4 is 4.74 Å². The number of hydrogen-bond donors (Lipinski definition) is 0. The van der Waals surface area contributed by atoms with E-state index in [2.05, 4.69) is 0 Å². The van der Waals surface area contributed by atoms with Crippen LogP contribution in [0.25, 0.3) is 6.08 Å². The molecule has 0 fully saturated rings. The number of hydrogen-bond acceptors (Lipinski definition) is 8. The summed E-state index contributed by atoms with van der Waals surface area (Å²) in [5.74, 6) is -0.412. The molecule has 0 aliphatic heterocycles. The van der Waals surface area contributed by atoms with Gasteiger partial charge in [-0.05, 0) is 36.3 Å². The normalized spacial score (nSPS) is 14.0. The van der Waals surface area contributed by atoms with Gasteiger partial charge < -0.3 is 9.47 Å². The molecule has 0 atom stereocenters. The molecule has 2 aromatic rings. The van der Waals surface area contributed by atoms with Gasteiger partial charge in [-0.2, -0.15) is 5.26 Å². The van der Waals surface area contributed by atoms with Crippen LogP contribution in [0.5, 0.6) is 5.75 Å². The number of nitro benzene ring substituents is 1. The monoisotopic (exact) mass is 450 g/mol. The molecule has 0 saturated heterocycles. The van der Waals surface area contributed by atoms with Gasteiger partial charge in [-0.3, -0.25) is 14.9 Å². The first-order valence-electron chi connectivity index (χ1n) is 9.58. The highest BCUT2D eigenvalue weighted by atomic mass is 32.2. The predicted octanol–water partition coefficient (Wildman–Crippen LogP) is 4.81. The van der Waals surface area contributed by atoms with Crippen LogP contribution in [0.4, 0.5) is 5.69 Å². The fourth-order valence-corrected chi connectivity index (χ4v) is 4.07. The molecule has 0 spiro atoms. The van der Waals surface area contributed by atoms with Gasteiger partial charge in [0, 0.05) is 18.9 Å². The zero-order valence-electron chi connectivity index (χ0n) is 17.1. The number of thioether (sulfide) groups is 1. The zero-order chi connectivity index (χ0) is 23.1. The van der Waals surface area contributed by atoms with Crippen molar-refractivity contribution in [3.8, 4) is 11.8 Å². The Balaban J connectivity index is 1.88. The summed E-state index contributed by atoms with van der Waals surface area (Å²) in [4.78, 5) is 36.4. The number of rotatable bonds is 7. The quantitative estimate of drug-likeness (QED) is 0.194. The maximum Gasteiger partial charge on any atom is 0.354 e. The lowest BCUT2D eigenvalue weighted by atomic mass is 10.0. The number of esters is 1. The van der Waals surface area contributed by atoms with E-state index in [0.717, 1.165) is 11.8 Å². The van der Waals surface area contributed by atoms with Crippen LogP contribution in [-0.2, 0) is 14.3 Å². The molecular weight excluding hydrogens is 432 g/mol. The molecule has 0 N–H and O–H groups in total. The van der Waals surface area contributed by atoms with Gasteiger partial charge in [-0.25, -0.2) is 4.79 Å². The number of allylic oxidation sites excluding steroid dienone is 2. The van der Waals surface area contributed by atoms with E-state index in [-0.39, 0.29) is 39.0 Å². The van der Waals surface area contributed by atoms with E-state index in [1.165, 1.54) is 31.4 Å². The van der Waals surface area contributed by atoms with E-state index in [1.807, 2.05) is 6.07 Å². The number of nitriles is 1. The summed E-state index contributed by atoms with van der Waals surface area (Å²) in [5, 5.41) is 20.7. The summed E-state index contributed by atoms with van der Waals surface area (Å²) in [6.07, 6.45) is 2.41. The standard InChI is InChI=1S/C23H18N2O6S/c1-30-17-11-9-15(10-12-17)13-16(14-24)23(27)31-20-7-4-6-19(26)22(20)32-21-8-3-2-5-18(21)25(28)29/h2-3,5,8-13H,4,6-7H2,1H3. The van der Waals surface area contributed by atoms with Crippen molar-refractivity contribution in [3.63, 3.8) is 0 Å². The Hall–Kier alpha value is -3.90. The summed E-state index contributed by atoms with van der Waals surface area (Å²) in [5.41, 5.74) is 0.212. The highest BCUT2D eigenvalue weighted by Crippen LogP contribution is 2.40. The van der Waals surface area contributed by atoms with E-state index >= 15 is 0 Å². The molecule has 0 bridgehead atoms. The van der Waals surface area contributed by atoms with Crippen LogP contribution in [0.1, 0.15) is 24.8 Å². The van der Waals surface area contributed by atoms with Crippen molar-refractivity contribution < 1.29 is 24.0 Å². The Morgan fingerprint density at radius 1 is 1.19 bits per heavy atom. The number of carbonyl (C=O) groups excluding carboxylic acids is 2. The number of methoxy groups -OCH3 is 1.